The molecule has 1 saturated heterocycles. The lowest BCUT2D eigenvalue weighted by atomic mass is 10.1. The lowest BCUT2D eigenvalue weighted by molar-refractivity contribution is -0.141. The van der Waals surface area contributed by atoms with Crippen LogP contribution in [0.5, 0.6) is 0 Å². The number of nitrogens with zero attached hydrogens (tertiary/aromatic N) is 1. The van der Waals surface area contributed by atoms with Crippen LogP contribution in [0.1, 0.15) is 51.6 Å². The lowest BCUT2D eigenvalue weighted by Crippen LogP contribution is -2.44. The van der Waals surface area contributed by atoms with Gasteiger partial charge in [-0.2, -0.15) is 0 Å². The summed E-state index contributed by atoms with van der Waals surface area (Å²) in [6.07, 6.45) is 1.90. The second kappa shape index (κ2) is 6.85. The summed E-state index contributed by atoms with van der Waals surface area (Å²) in [6, 6.07) is 9.66. The summed E-state index contributed by atoms with van der Waals surface area (Å²) in [6.45, 7) is 6.05. The molecule has 2 atom stereocenters. The zero-order valence-electron chi connectivity index (χ0n) is 13.0. The molecule has 0 radical (unpaired) electrons. The van der Waals surface area contributed by atoms with Gasteiger partial charge in [-0.05, 0) is 25.3 Å². The highest BCUT2D eigenvalue weighted by Gasteiger charge is 2.41. The summed E-state index contributed by atoms with van der Waals surface area (Å²) in [5.41, 5.74) is 1.12. The van der Waals surface area contributed by atoms with Gasteiger partial charge in [0.05, 0.1) is 12.5 Å². The van der Waals surface area contributed by atoms with E-state index in [4.69, 9.17) is 0 Å². The van der Waals surface area contributed by atoms with E-state index in [0.29, 0.717) is 0 Å². The SMILES string of the molecule is CCC(CC)N1C(=O)CC(NC(C)c2ccccc2)C1=O. The molecule has 114 valence electrons. The van der Waals surface area contributed by atoms with E-state index in [9.17, 15) is 9.59 Å². The summed E-state index contributed by atoms with van der Waals surface area (Å²) >= 11 is 0. The fourth-order valence-corrected chi connectivity index (χ4v) is 2.96. The van der Waals surface area contributed by atoms with Crippen molar-refractivity contribution < 1.29 is 9.59 Å². The van der Waals surface area contributed by atoms with Crippen molar-refractivity contribution in [3.8, 4) is 0 Å². The molecule has 0 bridgehead atoms. The summed E-state index contributed by atoms with van der Waals surface area (Å²) in [7, 11) is 0. The van der Waals surface area contributed by atoms with Crippen LogP contribution in [-0.4, -0.2) is 28.8 Å². The molecule has 21 heavy (non-hydrogen) atoms. The number of nitrogens with one attached hydrogen (secondary N) is 1. The smallest absolute Gasteiger partial charge is 0.247 e. The van der Waals surface area contributed by atoms with E-state index < -0.39 is 6.04 Å². The molecule has 2 amide bonds. The first-order valence-corrected chi connectivity index (χ1v) is 7.75. The van der Waals surface area contributed by atoms with E-state index in [-0.39, 0.29) is 30.3 Å². The molecule has 1 fully saturated rings. The van der Waals surface area contributed by atoms with E-state index in [1.807, 2.05) is 51.1 Å². The van der Waals surface area contributed by atoms with Crippen molar-refractivity contribution in [2.45, 2.75) is 58.2 Å². The largest absolute Gasteiger partial charge is 0.299 e. The van der Waals surface area contributed by atoms with E-state index in [1.54, 1.807) is 0 Å². The second-order valence-electron chi connectivity index (χ2n) is 5.63. The third-order valence-corrected chi connectivity index (χ3v) is 4.24. The van der Waals surface area contributed by atoms with E-state index in [0.717, 1.165) is 18.4 Å². The Hall–Kier alpha value is -1.68. The van der Waals surface area contributed by atoms with Gasteiger partial charge in [-0.25, -0.2) is 0 Å². The average molecular weight is 288 g/mol. The van der Waals surface area contributed by atoms with Crippen LogP contribution in [0.25, 0.3) is 0 Å². The topological polar surface area (TPSA) is 49.4 Å². The van der Waals surface area contributed by atoms with Crippen LogP contribution in [-0.2, 0) is 9.59 Å². The number of hydrogen-bond donors (Lipinski definition) is 1. The van der Waals surface area contributed by atoms with Gasteiger partial charge in [-0.3, -0.25) is 19.8 Å². The van der Waals surface area contributed by atoms with Crippen molar-refractivity contribution >= 4 is 11.8 Å². The molecule has 1 aliphatic rings. The van der Waals surface area contributed by atoms with Crippen molar-refractivity contribution in [2.24, 2.45) is 0 Å². The molecule has 2 rings (SSSR count). The molecular formula is C17H24N2O2. The maximum absolute atomic E-state index is 12.5. The third-order valence-electron chi connectivity index (χ3n) is 4.24. The third kappa shape index (κ3) is 3.32. The molecule has 1 aromatic carbocycles. The summed E-state index contributed by atoms with van der Waals surface area (Å²) in [5.74, 6) is -0.122. The van der Waals surface area contributed by atoms with Crippen LogP contribution >= 0.6 is 0 Å². The number of likely N-dealkylation sites (tertiary alicyclic amines) is 1. The Kier molecular flexibility index (Phi) is 5.12. The number of benzene rings is 1. The van der Waals surface area contributed by atoms with Crippen molar-refractivity contribution in [3.63, 3.8) is 0 Å². The second-order valence-corrected chi connectivity index (χ2v) is 5.63. The van der Waals surface area contributed by atoms with Crippen molar-refractivity contribution in [2.75, 3.05) is 0 Å². The first kappa shape index (κ1) is 15.7. The van der Waals surface area contributed by atoms with E-state index >= 15 is 0 Å². The minimum absolute atomic E-state index is 0.0313. The van der Waals surface area contributed by atoms with Crippen LogP contribution in [0, 0.1) is 0 Å². The Morgan fingerprint density at radius 3 is 2.38 bits per heavy atom. The van der Waals surface area contributed by atoms with Gasteiger partial charge in [-0.15, -0.1) is 0 Å². The Labute approximate surface area is 126 Å². The van der Waals surface area contributed by atoms with Gasteiger partial charge in [0.1, 0.15) is 0 Å². The van der Waals surface area contributed by atoms with Crippen LogP contribution < -0.4 is 5.32 Å². The monoisotopic (exact) mass is 288 g/mol. The quantitative estimate of drug-likeness (QED) is 0.819. The van der Waals surface area contributed by atoms with E-state index in [2.05, 4.69) is 5.32 Å². The highest BCUT2D eigenvalue weighted by molar-refractivity contribution is 6.05. The molecule has 0 spiro atoms. The average Bonchev–Trinajstić information content (AvgIpc) is 2.77. The molecule has 1 heterocycles. The lowest BCUT2D eigenvalue weighted by Gasteiger charge is -2.25. The molecule has 1 N–H and O–H groups in total. The molecule has 1 aromatic rings. The van der Waals surface area contributed by atoms with Gasteiger partial charge in [0.25, 0.3) is 0 Å². The number of imide groups is 1. The molecule has 0 aliphatic carbocycles. The zero-order valence-corrected chi connectivity index (χ0v) is 13.0. The van der Waals surface area contributed by atoms with Crippen molar-refractivity contribution in [1.82, 2.24) is 10.2 Å². The number of rotatable bonds is 6. The Bertz CT molecular complexity index is 497. The Morgan fingerprint density at radius 1 is 1.19 bits per heavy atom. The minimum Gasteiger partial charge on any atom is -0.299 e. The van der Waals surface area contributed by atoms with E-state index in [1.165, 1.54) is 4.90 Å². The van der Waals surface area contributed by atoms with Crippen molar-refractivity contribution in [1.29, 1.82) is 0 Å². The van der Waals surface area contributed by atoms with Gasteiger partial charge >= 0.3 is 0 Å². The number of carbonyl (C=O) groups excluding carboxylic acids is 2. The minimum atomic E-state index is -0.395. The maximum atomic E-state index is 12.5. The van der Waals surface area contributed by atoms with Gasteiger partial charge in [0.2, 0.25) is 11.8 Å². The van der Waals surface area contributed by atoms with Gasteiger partial charge in [0.15, 0.2) is 0 Å². The number of hydrogen-bond acceptors (Lipinski definition) is 3. The Morgan fingerprint density at radius 2 is 1.81 bits per heavy atom. The van der Waals surface area contributed by atoms with Crippen LogP contribution in [0.4, 0.5) is 0 Å². The van der Waals surface area contributed by atoms with Gasteiger partial charge in [-0.1, -0.05) is 44.2 Å². The molecule has 4 heteroatoms. The Balaban J connectivity index is 2.06. The molecule has 0 saturated carbocycles. The first-order chi connectivity index (χ1) is 10.1. The molecular weight excluding hydrogens is 264 g/mol. The fourth-order valence-electron chi connectivity index (χ4n) is 2.96. The molecule has 2 unspecified atom stereocenters. The van der Waals surface area contributed by atoms with Crippen LogP contribution in [0.15, 0.2) is 30.3 Å². The normalized spacial score (nSPS) is 20.4. The standard InChI is InChI=1S/C17H24N2O2/c1-4-14(5-2)19-16(20)11-15(17(19)21)18-12(3)13-9-7-6-8-10-13/h6-10,12,14-15,18H,4-5,11H2,1-3H3. The number of amides is 2. The van der Waals surface area contributed by atoms with Gasteiger partial charge in [0, 0.05) is 12.1 Å². The molecule has 1 aliphatic heterocycles. The summed E-state index contributed by atoms with van der Waals surface area (Å²) in [5, 5.41) is 3.30. The van der Waals surface area contributed by atoms with Crippen molar-refractivity contribution in [3.05, 3.63) is 35.9 Å². The fraction of sp³-hybridized carbons (Fsp3) is 0.529. The first-order valence-electron chi connectivity index (χ1n) is 7.75. The predicted molar refractivity (Wildman–Crippen MR) is 82.6 cm³/mol. The number of carbonyl (C=O) groups is 2. The van der Waals surface area contributed by atoms with Crippen LogP contribution in [0.3, 0.4) is 0 Å². The zero-order chi connectivity index (χ0) is 15.4. The highest BCUT2D eigenvalue weighted by atomic mass is 16.2. The summed E-state index contributed by atoms with van der Waals surface area (Å²) in [4.78, 5) is 26.1. The van der Waals surface area contributed by atoms with Crippen LogP contribution in [0.2, 0.25) is 0 Å². The predicted octanol–water partition coefficient (Wildman–Crippen LogP) is 2.65. The maximum Gasteiger partial charge on any atom is 0.247 e. The highest BCUT2D eigenvalue weighted by Crippen LogP contribution is 2.22. The molecule has 4 nitrogen and oxygen atoms in total. The molecule has 0 aromatic heterocycles. The van der Waals surface area contributed by atoms with Gasteiger partial charge < -0.3 is 0 Å². The summed E-state index contributed by atoms with van der Waals surface area (Å²) < 4.78 is 0.